The van der Waals surface area contributed by atoms with E-state index in [-0.39, 0.29) is 18.2 Å². The molecule has 3 rings (SSSR count). The van der Waals surface area contributed by atoms with Crippen molar-refractivity contribution in [2.45, 2.75) is 33.3 Å². The van der Waals surface area contributed by atoms with Gasteiger partial charge in [0.15, 0.2) is 11.4 Å². The predicted molar refractivity (Wildman–Crippen MR) is 93.7 cm³/mol. The Hall–Kier alpha value is -2.62. The number of amides is 1. The third-order valence-electron chi connectivity index (χ3n) is 4.21. The number of rotatable bonds is 3. The van der Waals surface area contributed by atoms with Gasteiger partial charge in [-0.15, -0.1) is 0 Å². The largest absolute Gasteiger partial charge is 0.476 e. The van der Waals surface area contributed by atoms with Crippen molar-refractivity contribution >= 4 is 17.4 Å². The number of hydrogen-bond donors (Lipinski definition) is 0. The Bertz CT molecular complexity index is 806. The van der Waals surface area contributed by atoms with Crippen molar-refractivity contribution in [3.63, 3.8) is 0 Å². The van der Waals surface area contributed by atoms with Gasteiger partial charge in [0.05, 0.1) is 12.2 Å². The third-order valence-corrected chi connectivity index (χ3v) is 4.21. The van der Waals surface area contributed by atoms with Crippen molar-refractivity contribution in [1.29, 1.82) is 0 Å². The first-order chi connectivity index (χ1) is 11.3. The molecular formula is C20H21NO3. The highest BCUT2D eigenvalue weighted by Crippen LogP contribution is 2.38. The molecule has 1 aliphatic rings. The fraction of sp³-hybridized carbons (Fsp3) is 0.300. The highest BCUT2D eigenvalue weighted by atomic mass is 16.5. The molecule has 1 heterocycles. The van der Waals surface area contributed by atoms with E-state index in [1.54, 1.807) is 26.0 Å². The van der Waals surface area contributed by atoms with E-state index < -0.39 is 5.60 Å². The summed E-state index contributed by atoms with van der Waals surface area (Å²) in [5.41, 5.74) is 2.37. The summed E-state index contributed by atoms with van der Waals surface area (Å²) >= 11 is 0. The molecular weight excluding hydrogens is 302 g/mol. The molecule has 0 radical (unpaired) electrons. The molecule has 0 aliphatic carbocycles. The maximum atomic E-state index is 12.8. The lowest BCUT2D eigenvalue weighted by Crippen LogP contribution is -2.53. The Kier molecular flexibility index (Phi) is 3.91. The first-order valence-corrected chi connectivity index (χ1v) is 7.99. The second-order valence-electron chi connectivity index (χ2n) is 6.76. The van der Waals surface area contributed by atoms with E-state index in [0.717, 1.165) is 11.1 Å². The van der Waals surface area contributed by atoms with Crippen LogP contribution in [0.25, 0.3) is 0 Å². The Morgan fingerprint density at radius 1 is 1.04 bits per heavy atom. The summed E-state index contributed by atoms with van der Waals surface area (Å²) in [6.45, 7) is 7.37. The van der Waals surface area contributed by atoms with Crippen LogP contribution in [0.15, 0.2) is 42.5 Å². The van der Waals surface area contributed by atoms with Gasteiger partial charge in [0.1, 0.15) is 5.75 Å². The highest BCUT2D eigenvalue weighted by Gasteiger charge is 2.41. The van der Waals surface area contributed by atoms with Gasteiger partial charge < -0.3 is 4.74 Å². The number of carbonyl (C=O) groups is 2. The first-order valence-electron chi connectivity index (χ1n) is 7.99. The number of fused-ring (bicyclic) bond motifs is 1. The second-order valence-corrected chi connectivity index (χ2v) is 6.76. The van der Waals surface area contributed by atoms with Crippen molar-refractivity contribution in [2.75, 3.05) is 11.4 Å². The minimum atomic E-state index is -0.990. The molecule has 1 amide bonds. The average molecular weight is 323 g/mol. The zero-order chi connectivity index (χ0) is 17.5. The molecule has 0 saturated heterocycles. The smallest absolute Gasteiger partial charge is 0.271 e. The Morgan fingerprint density at radius 2 is 1.67 bits per heavy atom. The highest BCUT2D eigenvalue weighted by molar-refractivity contribution is 6.09. The van der Waals surface area contributed by atoms with Crippen LogP contribution in [0.4, 0.5) is 5.69 Å². The van der Waals surface area contributed by atoms with Crippen LogP contribution in [0, 0.1) is 13.8 Å². The fourth-order valence-corrected chi connectivity index (χ4v) is 2.81. The average Bonchev–Trinajstić information content (AvgIpc) is 2.53. The van der Waals surface area contributed by atoms with Gasteiger partial charge in [0.2, 0.25) is 0 Å². The molecule has 0 aromatic heterocycles. The molecule has 4 heteroatoms. The normalized spacial score (nSPS) is 15.7. The number of anilines is 1. The summed E-state index contributed by atoms with van der Waals surface area (Å²) < 4.78 is 5.82. The number of ether oxygens (including phenoxy) is 1. The number of benzene rings is 2. The molecule has 0 fully saturated rings. The van der Waals surface area contributed by atoms with E-state index in [0.29, 0.717) is 17.0 Å². The van der Waals surface area contributed by atoms with Gasteiger partial charge >= 0.3 is 0 Å². The van der Waals surface area contributed by atoms with E-state index in [1.165, 1.54) is 4.90 Å². The van der Waals surface area contributed by atoms with Crippen LogP contribution in [0.1, 0.15) is 35.3 Å². The van der Waals surface area contributed by atoms with Crippen molar-refractivity contribution in [3.8, 4) is 5.75 Å². The lowest BCUT2D eigenvalue weighted by Gasteiger charge is -2.38. The lowest BCUT2D eigenvalue weighted by molar-refractivity contribution is -0.132. The van der Waals surface area contributed by atoms with E-state index in [1.807, 2.05) is 44.2 Å². The topological polar surface area (TPSA) is 46.6 Å². The molecule has 1 aliphatic heterocycles. The summed E-state index contributed by atoms with van der Waals surface area (Å²) in [7, 11) is 0. The molecule has 0 atom stereocenters. The minimum absolute atomic E-state index is 0.00510. The van der Waals surface area contributed by atoms with Gasteiger partial charge in [0.25, 0.3) is 5.91 Å². The number of hydrogen-bond acceptors (Lipinski definition) is 3. The number of Topliss-reactive ketones (excluding diaryl/α,β-unsaturated/α-hetero) is 1. The summed E-state index contributed by atoms with van der Waals surface area (Å²) in [6, 6.07) is 13.1. The molecule has 0 unspecified atom stereocenters. The molecule has 2 aromatic rings. The summed E-state index contributed by atoms with van der Waals surface area (Å²) in [5, 5.41) is 0. The molecule has 0 bridgehead atoms. The first kappa shape index (κ1) is 16.2. The second kappa shape index (κ2) is 5.78. The Morgan fingerprint density at radius 3 is 2.33 bits per heavy atom. The summed E-state index contributed by atoms with van der Waals surface area (Å²) in [5.74, 6) is 0.330. The van der Waals surface area contributed by atoms with Gasteiger partial charge in [-0.1, -0.05) is 35.9 Å². The van der Waals surface area contributed by atoms with E-state index in [2.05, 4.69) is 0 Å². The van der Waals surface area contributed by atoms with Crippen LogP contribution in [-0.2, 0) is 4.79 Å². The van der Waals surface area contributed by atoms with Crippen LogP contribution in [0.2, 0.25) is 0 Å². The van der Waals surface area contributed by atoms with Gasteiger partial charge in [-0.05, 0) is 45.4 Å². The zero-order valence-electron chi connectivity index (χ0n) is 14.4. The monoisotopic (exact) mass is 323 g/mol. The van der Waals surface area contributed by atoms with Gasteiger partial charge in [0, 0.05) is 5.56 Å². The van der Waals surface area contributed by atoms with Crippen molar-refractivity contribution in [3.05, 3.63) is 59.2 Å². The van der Waals surface area contributed by atoms with Crippen molar-refractivity contribution in [1.82, 2.24) is 0 Å². The molecule has 4 nitrogen and oxygen atoms in total. The fourth-order valence-electron chi connectivity index (χ4n) is 2.81. The van der Waals surface area contributed by atoms with Gasteiger partial charge in [-0.2, -0.15) is 0 Å². The van der Waals surface area contributed by atoms with E-state index >= 15 is 0 Å². The summed E-state index contributed by atoms with van der Waals surface area (Å²) in [6.07, 6.45) is 0. The SMILES string of the molecule is Cc1ccc(C(=O)CN2C(=O)C(C)(C)Oc3ccc(C)cc32)cc1. The number of aryl methyl sites for hydroxylation is 2. The number of nitrogens with zero attached hydrogens (tertiary/aromatic N) is 1. The summed E-state index contributed by atoms with van der Waals surface area (Å²) in [4.78, 5) is 27.0. The predicted octanol–water partition coefficient (Wildman–Crippen LogP) is 3.69. The third kappa shape index (κ3) is 2.92. The van der Waals surface area contributed by atoms with Crippen LogP contribution in [-0.4, -0.2) is 23.8 Å². The quantitative estimate of drug-likeness (QED) is 0.809. The lowest BCUT2D eigenvalue weighted by atomic mass is 10.0. The molecule has 0 spiro atoms. The Labute approximate surface area is 142 Å². The van der Waals surface area contributed by atoms with E-state index in [4.69, 9.17) is 4.74 Å². The molecule has 2 aromatic carbocycles. The maximum absolute atomic E-state index is 12.8. The standard InChI is InChI=1S/C20H21NO3/c1-13-5-8-15(9-6-13)17(22)12-21-16-11-14(2)7-10-18(16)24-20(3,4)19(21)23/h5-11H,12H2,1-4H3. The van der Waals surface area contributed by atoms with Crippen LogP contribution < -0.4 is 9.64 Å². The molecule has 24 heavy (non-hydrogen) atoms. The minimum Gasteiger partial charge on any atom is -0.476 e. The number of carbonyl (C=O) groups excluding carboxylic acids is 2. The van der Waals surface area contributed by atoms with Crippen LogP contribution in [0.3, 0.4) is 0 Å². The molecule has 0 N–H and O–H groups in total. The van der Waals surface area contributed by atoms with Crippen molar-refractivity contribution < 1.29 is 14.3 Å². The van der Waals surface area contributed by atoms with Crippen molar-refractivity contribution in [2.24, 2.45) is 0 Å². The maximum Gasteiger partial charge on any atom is 0.271 e. The Balaban J connectivity index is 1.96. The molecule has 0 saturated carbocycles. The van der Waals surface area contributed by atoms with E-state index in [9.17, 15) is 9.59 Å². The van der Waals surface area contributed by atoms with Crippen LogP contribution in [0.5, 0.6) is 5.75 Å². The van der Waals surface area contributed by atoms with Crippen LogP contribution >= 0.6 is 0 Å². The zero-order valence-corrected chi connectivity index (χ0v) is 14.4. The van der Waals surface area contributed by atoms with Gasteiger partial charge in [-0.3, -0.25) is 14.5 Å². The number of ketones is 1. The van der Waals surface area contributed by atoms with Gasteiger partial charge in [-0.25, -0.2) is 0 Å². The molecule has 124 valence electrons.